The van der Waals surface area contributed by atoms with Gasteiger partial charge in [-0.3, -0.25) is 4.79 Å². The van der Waals surface area contributed by atoms with E-state index in [1.807, 2.05) is 53.3 Å². The normalized spacial score (nSPS) is 10.5. The van der Waals surface area contributed by atoms with E-state index in [-0.39, 0.29) is 11.0 Å². The summed E-state index contributed by atoms with van der Waals surface area (Å²) in [4.78, 5) is 12.6. The first kappa shape index (κ1) is 15.2. The van der Waals surface area contributed by atoms with Crippen LogP contribution in [-0.2, 0) is 0 Å². The SMILES string of the molecule is COc1ccc(-n2c(SC)c(C#N)c(=O)c3ccccc32)cc1. The number of nitrogens with zero attached hydrogens (tertiary/aromatic N) is 2. The van der Waals surface area contributed by atoms with E-state index in [1.54, 1.807) is 13.2 Å². The van der Waals surface area contributed by atoms with Crippen molar-refractivity contribution in [3.8, 4) is 17.5 Å². The molecule has 0 unspecified atom stereocenters. The van der Waals surface area contributed by atoms with Crippen LogP contribution in [0.15, 0.2) is 58.4 Å². The minimum atomic E-state index is -0.225. The fraction of sp³-hybridized carbons (Fsp3) is 0.111. The van der Waals surface area contributed by atoms with Crippen molar-refractivity contribution in [3.05, 3.63) is 64.3 Å². The lowest BCUT2D eigenvalue weighted by molar-refractivity contribution is 0.414. The number of aromatic nitrogens is 1. The zero-order valence-electron chi connectivity index (χ0n) is 12.7. The average molecular weight is 322 g/mol. The zero-order chi connectivity index (χ0) is 16.4. The lowest BCUT2D eigenvalue weighted by Crippen LogP contribution is -2.15. The van der Waals surface area contributed by atoms with Gasteiger partial charge in [-0.25, -0.2) is 0 Å². The van der Waals surface area contributed by atoms with Gasteiger partial charge in [-0.2, -0.15) is 5.26 Å². The minimum absolute atomic E-state index is 0.173. The van der Waals surface area contributed by atoms with Crippen LogP contribution in [0.1, 0.15) is 5.56 Å². The summed E-state index contributed by atoms with van der Waals surface area (Å²) in [7, 11) is 1.62. The number of hydrogen-bond donors (Lipinski definition) is 0. The Morgan fingerprint density at radius 1 is 1.13 bits per heavy atom. The Balaban J connectivity index is 2.44. The van der Waals surface area contributed by atoms with Crippen molar-refractivity contribution in [1.29, 1.82) is 5.26 Å². The second-order valence-corrected chi connectivity index (χ2v) is 5.67. The Morgan fingerprint density at radius 2 is 1.83 bits per heavy atom. The predicted octanol–water partition coefficient (Wildman–Crippen LogP) is 3.59. The summed E-state index contributed by atoms with van der Waals surface area (Å²) in [5.41, 5.74) is 1.61. The first-order chi connectivity index (χ1) is 11.2. The largest absolute Gasteiger partial charge is 0.497 e. The van der Waals surface area contributed by atoms with Crippen LogP contribution in [0.2, 0.25) is 0 Å². The van der Waals surface area contributed by atoms with Gasteiger partial charge in [0.05, 0.1) is 12.6 Å². The lowest BCUT2D eigenvalue weighted by Gasteiger charge is -2.17. The standard InChI is InChI=1S/C18H14N2O2S/c1-22-13-9-7-12(8-10-13)20-16-6-4-3-5-14(16)17(21)15(11-19)18(20)23-2/h3-10H,1-2H3. The number of methoxy groups -OCH3 is 1. The number of thioether (sulfide) groups is 1. The minimum Gasteiger partial charge on any atom is -0.497 e. The van der Waals surface area contributed by atoms with Gasteiger partial charge in [0.15, 0.2) is 0 Å². The lowest BCUT2D eigenvalue weighted by atomic mass is 10.1. The topological polar surface area (TPSA) is 55.0 Å². The van der Waals surface area contributed by atoms with Gasteiger partial charge in [-0.1, -0.05) is 12.1 Å². The van der Waals surface area contributed by atoms with Gasteiger partial charge in [0.2, 0.25) is 5.43 Å². The molecular weight excluding hydrogens is 308 g/mol. The van der Waals surface area contributed by atoms with Crippen LogP contribution in [0.4, 0.5) is 0 Å². The number of para-hydroxylation sites is 1. The maximum Gasteiger partial charge on any atom is 0.208 e. The summed E-state index contributed by atoms with van der Waals surface area (Å²) < 4.78 is 7.14. The van der Waals surface area contributed by atoms with Gasteiger partial charge in [-0.05, 0) is 42.7 Å². The maximum absolute atomic E-state index is 12.6. The van der Waals surface area contributed by atoms with E-state index in [0.29, 0.717) is 10.4 Å². The predicted molar refractivity (Wildman–Crippen MR) is 92.6 cm³/mol. The third-order valence-electron chi connectivity index (χ3n) is 3.67. The molecule has 0 radical (unpaired) electrons. The number of pyridine rings is 1. The molecule has 2 aromatic carbocycles. The van der Waals surface area contributed by atoms with Crippen molar-refractivity contribution in [2.45, 2.75) is 5.03 Å². The number of nitriles is 1. The first-order valence-corrected chi connectivity index (χ1v) is 8.20. The molecule has 0 fully saturated rings. The van der Waals surface area contributed by atoms with Gasteiger partial charge >= 0.3 is 0 Å². The molecule has 5 heteroatoms. The number of fused-ring (bicyclic) bond motifs is 1. The zero-order valence-corrected chi connectivity index (χ0v) is 13.6. The van der Waals surface area contributed by atoms with E-state index < -0.39 is 0 Å². The molecular formula is C18H14N2O2S. The van der Waals surface area contributed by atoms with Crippen LogP contribution < -0.4 is 10.2 Å². The summed E-state index contributed by atoms with van der Waals surface area (Å²) in [6.45, 7) is 0. The molecule has 0 spiro atoms. The van der Waals surface area contributed by atoms with E-state index >= 15 is 0 Å². The quantitative estimate of drug-likeness (QED) is 0.692. The smallest absolute Gasteiger partial charge is 0.208 e. The van der Waals surface area contributed by atoms with Crippen molar-refractivity contribution >= 4 is 22.7 Å². The molecule has 23 heavy (non-hydrogen) atoms. The number of rotatable bonds is 3. The second-order valence-electron chi connectivity index (χ2n) is 4.88. The van der Waals surface area contributed by atoms with Crippen molar-refractivity contribution in [2.75, 3.05) is 13.4 Å². The van der Waals surface area contributed by atoms with E-state index in [9.17, 15) is 10.1 Å². The highest BCUT2D eigenvalue weighted by atomic mass is 32.2. The summed E-state index contributed by atoms with van der Waals surface area (Å²) >= 11 is 1.39. The highest BCUT2D eigenvalue weighted by molar-refractivity contribution is 7.98. The maximum atomic E-state index is 12.6. The molecule has 0 N–H and O–H groups in total. The Kier molecular flexibility index (Phi) is 4.09. The molecule has 3 rings (SSSR count). The fourth-order valence-corrected chi connectivity index (χ4v) is 3.32. The Bertz CT molecular complexity index is 969. The van der Waals surface area contributed by atoms with Gasteiger partial charge in [0.25, 0.3) is 0 Å². The third kappa shape index (κ3) is 2.47. The summed E-state index contributed by atoms with van der Waals surface area (Å²) in [6, 6.07) is 16.9. The highest BCUT2D eigenvalue weighted by Crippen LogP contribution is 2.28. The molecule has 0 saturated heterocycles. The molecule has 1 heterocycles. The first-order valence-electron chi connectivity index (χ1n) is 6.97. The van der Waals surface area contributed by atoms with E-state index in [0.717, 1.165) is 17.0 Å². The van der Waals surface area contributed by atoms with Crippen molar-refractivity contribution in [1.82, 2.24) is 4.57 Å². The molecule has 4 nitrogen and oxygen atoms in total. The summed E-state index contributed by atoms with van der Waals surface area (Å²) in [5, 5.41) is 10.6. The van der Waals surface area contributed by atoms with Gasteiger partial charge < -0.3 is 9.30 Å². The van der Waals surface area contributed by atoms with Crippen LogP contribution >= 0.6 is 11.8 Å². The number of benzene rings is 2. The van der Waals surface area contributed by atoms with Crippen LogP contribution in [0.5, 0.6) is 5.75 Å². The average Bonchev–Trinajstić information content (AvgIpc) is 2.61. The van der Waals surface area contributed by atoms with E-state index in [4.69, 9.17) is 4.74 Å². The van der Waals surface area contributed by atoms with Gasteiger partial charge in [0.1, 0.15) is 22.4 Å². The molecule has 0 aliphatic heterocycles. The molecule has 114 valence electrons. The second kappa shape index (κ2) is 6.19. The molecule has 1 aromatic heterocycles. The van der Waals surface area contributed by atoms with Gasteiger partial charge in [-0.15, -0.1) is 11.8 Å². The highest BCUT2D eigenvalue weighted by Gasteiger charge is 2.17. The van der Waals surface area contributed by atoms with Crippen LogP contribution in [0, 0.1) is 11.3 Å². The molecule has 0 aliphatic carbocycles. The van der Waals surface area contributed by atoms with Crippen molar-refractivity contribution in [2.24, 2.45) is 0 Å². The number of ether oxygens (including phenoxy) is 1. The molecule has 3 aromatic rings. The van der Waals surface area contributed by atoms with Crippen LogP contribution in [0.25, 0.3) is 16.6 Å². The molecule has 0 saturated carbocycles. The molecule has 0 amide bonds. The summed E-state index contributed by atoms with van der Waals surface area (Å²) in [6.07, 6.45) is 1.87. The number of hydrogen-bond acceptors (Lipinski definition) is 4. The fourth-order valence-electron chi connectivity index (χ4n) is 2.59. The third-order valence-corrected chi connectivity index (χ3v) is 4.44. The van der Waals surface area contributed by atoms with Crippen molar-refractivity contribution < 1.29 is 4.74 Å². The van der Waals surface area contributed by atoms with E-state index in [1.165, 1.54) is 11.8 Å². The van der Waals surface area contributed by atoms with E-state index in [2.05, 4.69) is 6.07 Å². The molecule has 0 aliphatic rings. The summed E-state index contributed by atoms with van der Waals surface area (Å²) in [5.74, 6) is 0.755. The van der Waals surface area contributed by atoms with Crippen LogP contribution in [-0.4, -0.2) is 17.9 Å². The molecule has 0 bridgehead atoms. The monoisotopic (exact) mass is 322 g/mol. The molecule has 0 atom stereocenters. The Morgan fingerprint density at radius 3 is 2.43 bits per heavy atom. The Labute approximate surface area is 137 Å². The van der Waals surface area contributed by atoms with Crippen molar-refractivity contribution in [3.63, 3.8) is 0 Å². The van der Waals surface area contributed by atoms with Crippen LogP contribution in [0.3, 0.4) is 0 Å². The van der Waals surface area contributed by atoms with Gasteiger partial charge in [0, 0.05) is 11.1 Å². The Hall–Kier alpha value is -2.71.